The maximum Gasteiger partial charge on any atom is 0.123 e. The summed E-state index contributed by atoms with van der Waals surface area (Å²) in [4.78, 5) is 0. The minimum absolute atomic E-state index is 0.213. The minimum Gasteiger partial charge on any atom is -0.496 e. The molecule has 3 rings (SSSR count). The molecule has 0 saturated carbocycles. The summed E-state index contributed by atoms with van der Waals surface area (Å²) in [5, 5.41) is 0.905. The molecule has 2 N–H and O–H groups in total. The number of hydrogen-bond donors (Lipinski definition) is 1. The fraction of sp³-hybridized carbons (Fsp3) is 0.176. The van der Waals surface area contributed by atoms with Crippen molar-refractivity contribution in [2.24, 2.45) is 5.73 Å². The molecule has 0 unspecified atom stereocenters. The molecular weight excluding hydrogens is 267 g/mol. The Bertz CT molecular complexity index is 780. The van der Waals surface area contributed by atoms with Crippen LogP contribution in [0.3, 0.4) is 0 Å². The molecule has 108 valence electrons. The summed E-state index contributed by atoms with van der Waals surface area (Å²) in [6.45, 7) is 1.15. The van der Waals surface area contributed by atoms with Crippen LogP contribution in [0, 0.1) is 5.82 Å². The average molecular weight is 284 g/mol. The van der Waals surface area contributed by atoms with E-state index in [-0.39, 0.29) is 5.82 Å². The number of rotatable bonds is 4. The van der Waals surface area contributed by atoms with Crippen LogP contribution >= 0.6 is 0 Å². The van der Waals surface area contributed by atoms with Gasteiger partial charge in [0, 0.05) is 35.8 Å². The van der Waals surface area contributed by atoms with Crippen molar-refractivity contribution >= 4 is 10.9 Å². The maximum absolute atomic E-state index is 13.2. The standard InChI is InChI=1S/C17H17FN2O/c1-21-17-5-2-12(8-14(17)10-19)11-20-7-6-13-9-15(18)3-4-16(13)20/h2-9H,10-11,19H2,1H3. The number of nitrogens with zero attached hydrogens (tertiary/aromatic N) is 1. The molecule has 0 bridgehead atoms. The van der Waals surface area contributed by atoms with Crippen molar-refractivity contribution in [2.45, 2.75) is 13.1 Å². The molecule has 0 spiro atoms. The summed E-state index contributed by atoms with van der Waals surface area (Å²) in [5.41, 5.74) is 8.88. The van der Waals surface area contributed by atoms with Crippen LogP contribution in [-0.2, 0) is 13.1 Å². The van der Waals surface area contributed by atoms with Gasteiger partial charge < -0.3 is 15.0 Å². The second-order valence-electron chi connectivity index (χ2n) is 5.00. The van der Waals surface area contributed by atoms with E-state index in [0.29, 0.717) is 13.1 Å². The average Bonchev–Trinajstić information content (AvgIpc) is 2.89. The fourth-order valence-electron chi connectivity index (χ4n) is 2.60. The molecule has 0 aliphatic rings. The minimum atomic E-state index is -0.213. The Hall–Kier alpha value is -2.33. The van der Waals surface area contributed by atoms with E-state index in [4.69, 9.17) is 10.5 Å². The zero-order chi connectivity index (χ0) is 14.8. The van der Waals surface area contributed by atoms with Crippen LogP contribution in [0.4, 0.5) is 4.39 Å². The molecule has 0 amide bonds. The largest absolute Gasteiger partial charge is 0.496 e. The fourth-order valence-corrected chi connectivity index (χ4v) is 2.60. The number of nitrogens with two attached hydrogens (primary N) is 1. The van der Waals surface area contributed by atoms with Gasteiger partial charge in [0.25, 0.3) is 0 Å². The number of benzene rings is 2. The first-order chi connectivity index (χ1) is 10.2. The van der Waals surface area contributed by atoms with Crippen LogP contribution in [0.5, 0.6) is 5.75 Å². The zero-order valence-electron chi connectivity index (χ0n) is 11.8. The normalized spacial score (nSPS) is 11.0. The number of halogens is 1. The van der Waals surface area contributed by atoms with Gasteiger partial charge in [-0.25, -0.2) is 4.39 Å². The summed E-state index contributed by atoms with van der Waals surface area (Å²) in [6.07, 6.45) is 1.97. The molecule has 0 aliphatic carbocycles. The summed E-state index contributed by atoms with van der Waals surface area (Å²) >= 11 is 0. The zero-order valence-corrected chi connectivity index (χ0v) is 11.8. The summed E-state index contributed by atoms with van der Waals surface area (Å²) in [5.74, 6) is 0.593. The molecule has 3 nitrogen and oxygen atoms in total. The van der Waals surface area contributed by atoms with Crippen molar-refractivity contribution in [3.63, 3.8) is 0 Å². The van der Waals surface area contributed by atoms with Crippen molar-refractivity contribution in [3.8, 4) is 5.75 Å². The van der Waals surface area contributed by atoms with E-state index in [2.05, 4.69) is 4.57 Å². The van der Waals surface area contributed by atoms with Gasteiger partial charge in [0.1, 0.15) is 11.6 Å². The Labute approximate surface area is 122 Å². The molecule has 0 atom stereocenters. The van der Waals surface area contributed by atoms with E-state index in [9.17, 15) is 4.39 Å². The number of ether oxygens (including phenoxy) is 1. The number of aromatic nitrogens is 1. The van der Waals surface area contributed by atoms with Crippen molar-refractivity contribution in [3.05, 3.63) is 65.6 Å². The van der Waals surface area contributed by atoms with Crippen LogP contribution in [0.25, 0.3) is 10.9 Å². The van der Waals surface area contributed by atoms with E-state index < -0.39 is 0 Å². The van der Waals surface area contributed by atoms with Gasteiger partial charge in [0.2, 0.25) is 0 Å². The van der Waals surface area contributed by atoms with E-state index in [1.165, 1.54) is 6.07 Å². The Morgan fingerprint density at radius 2 is 2.00 bits per heavy atom. The molecular formula is C17H17FN2O. The van der Waals surface area contributed by atoms with E-state index in [0.717, 1.165) is 27.8 Å². The predicted octanol–water partition coefficient (Wildman–Crippen LogP) is 3.30. The Kier molecular flexibility index (Phi) is 3.62. The lowest BCUT2D eigenvalue weighted by Gasteiger charge is -2.11. The third kappa shape index (κ3) is 2.62. The smallest absolute Gasteiger partial charge is 0.123 e. The van der Waals surface area contributed by atoms with Crippen LogP contribution in [0.1, 0.15) is 11.1 Å². The highest BCUT2D eigenvalue weighted by molar-refractivity contribution is 5.80. The lowest BCUT2D eigenvalue weighted by atomic mass is 10.1. The highest BCUT2D eigenvalue weighted by Crippen LogP contribution is 2.22. The van der Waals surface area contributed by atoms with E-state index in [1.807, 2.05) is 30.5 Å². The van der Waals surface area contributed by atoms with Crippen LogP contribution in [0.15, 0.2) is 48.7 Å². The monoisotopic (exact) mass is 284 g/mol. The van der Waals surface area contributed by atoms with Crippen molar-refractivity contribution in [1.29, 1.82) is 0 Å². The molecule has 21 heavy (non-hydrogen) atoms. The molecule has 1 heterocycles. The van der Waals surface area contributed by atoms with Gasteiger partial charge in [0.15, 0.2) is 0 Å². The third-order valence-corrected chi connectivity index (χ3v) is 3.65. The molecule has 0 radical (unpaired) electrons. The topological polar surface area (TPSA) is 40.2 Å². The van der Waals surface area contributed by atoms with Gasteiger partial charge in [0.05, 0.1) is 7.11 Å². The number of fused-ring (bicyclic) bond motifs is 1. The molecule has 3 aromatic rings. The third-order valence-electron chi connectivity index (χ3n) is 3.65. The van der Waals surface area contributed by atoms with Gasteiger partial charge in [-0.3, -0.25) is 0 Å². The van der Waals surface area contributed by atoms with Crippen molar-refractivity contribution in [1.82, 2.24) is 4.57 Å². The summed E-state index contributed by atoms with van der Waals surface area (Å²) < 4.78 is 20.6. The van der Waals surface area contributed by atoms with E-state index >= 15 is 0 Å². The van der Waals surface area contributed by atoms with Crippen molar-refractivity contribution < 1.29 is 9.13 Å². The van der Waals surface area contributed by atoms with Crippen molar-refractivity contribution in [2.75, 3.05) is 7.11 Å². The van der Waals surface area contributed by atoms with Gasteiger partial charge >= 0.3 is 0 Å². The lowest BCUT2D eigenvalue weighted by Crippen LogP contribution is -2.03. The quantitative estimate of drug-likeness (QED) is 0.798. The highest BCUT2D eigenvalue weighted by Gasteiger charge is 2.06. The SMILES string of the molecule is COc1ccc(Cn2ccc3cc(F)ccc32)cc1CN. The number of methoxy groups -OCH3 is 1. The van der Waals surface area contributed by atoms with Gasteiger partial charge in [-0.05, 0) is 42.0 Å². The molecule has 0 fully saturated rings. The second-order valence-corrected chi connectivity index (χ2v) is 5.00. The van der Waals surface area contributed by atoms with Gasteiger partial charge in [-0.1, -0.05) is 6.07 Å². The molecule has 0 saturated heterocycles. The Balaban J connectivity index is 1.95. The first-order valence-electron chi connectivity index (χ1n) is 6.81. The molecule has 2 aromatic carbocycles. The van der Waals surface area contributed by atoms with Crippen LogP contribution in [-0.4, -0.2) is 11.7 Å². The summed E-state index contributed by atoms with van der Waals surface area (Å²) in [6, 6.07) is 12.8. The second kappa shape index (κ2) is 5.58. The Morgan fingerprint density at radius 3 is 2.76 bits per heavy atom. The maximum atomic E-state index is 13.2. The highest BCUT2D eigenvalue weighted by atomic mass is 19.1. The van der Waals surface area contributed by atoms with Gasteiger partial charge in [-0.15, -0.1) is 0 Å². The van der Waals surface area contributed by atoms with Crippen LogP contribution < -0.4 is 10.5 Å². The lowest BCUT2D eigenvalue weighted by molar-refractivity contribution is 0.409. The predicted molar refractivity (Wildman–Crippen MR) is 81.9 cm³/mol. The van der Waals surface area contributed by atoms with E-state index in [1.54, 1.807) is 19.2 Å². The number of hydrogen-bond acceptors (Lipinski definition) is 2. The van der Waals surface area contributed by atoms with Crippen LogP contribution in [0.2, 0.25) is 0 Å². The first kappa shape index (κ1) is 13.6. The first-order valence-corrected chi connectivity index (χ1v) is 6.81. The summed E-state index contributed by atoms with van der Waals surface area (Å²) in [7, 11) is 1.64. The molecule has 4 heteroatoms. The molecule has 1 aromatic heterocycles. The Morgan fingerprint density at radius 1 is 1.14 bits per heavy atom. The van der Waals surface area contributed by atoms with Gasteiger partial charge in [-0.2, -0.15) is 0 Å². The molecule has 0 aliphatic heterocycles.